The Kier molecular flexibility index (Phi) is 27.4. The number of benzene rings is 7. The van der Waals surface area contributed by atoms with Crippen LogP contribution in [0.25, 0.3) is 45.0 Å². The Hall–Kier alpha value is -10.4. The van der Waals surface area contributed by atoms with Crippen LogP contribution in [0.15, 0.2) is 226 Å². The number of para-hydroxylation sites is 1. The van der Waals surface area contributed by atoms with E-state index < -0.39 is 60.3 Å². The lowest BCUT2D eigenvalue weighted by Crippen LogP contribution is -2.47. The van der Waals surface area contributed by atoms with Crippen molar-refractivity contribution in [2.75, 3.05) is 64.6 Å². The molecule has 2 aliphatic heterocycles. The van der Waals surface area contributed by atoms with Crippen molar-refractivity contribution in [3.63, 3.8) is 0 Å². The molecule has 26 heteroatoms. The summed E-state index contributed by atoms with van der Waals surface area (Å²) in [5, 5.41) is 4.88. The van der Waals surface area contributed by atoms with E-state index in [1.165, 1.54) is 16.8 Å². The molecule has 7 aromatic carbocycles. The van der Waals surface area contributed by atoms with Gasteiger partial charge in [-0.3, -0.25) is 19.9 Å². The molecule has 0 amide bonds. The lowest BCUT2D eigenvalue weighted by molar-refractivity contribution is 0.586. The molecule has 0 bridgehead atoms. The Balaban J connectivity index is 0.000000158. The van der Waals surface area contributed by atoms with E-state index in [1.54, 1.807) is 165 Å². The number of nitrogens with zero attached hydrogens (tertiary/aromatic N) is 11. The molecule has 2 aliphatic rings. The van der Waals surface area contributed by atoms with Crippen molar-refractivity contribution in [3.8, 4) is 45.0 Å². The van der Waals surface area contributed by atoms with Crippen molar-refractivity contribution < 1.29 is 33.7 Å². The summed E-state index contributed by atoms with van der Waals surface area (Å²) < 4.78 is 98.3. The van der Waals surface area contributed by atoms with Crippen LogP contribution in [0.3, 0.4) is 0 Å². The number of anilines is 5. The highest BCUT2D eigenvalue weighted by Crippen LogP contribution is 2.31. The Morgan fingerprint density at radius 3 is 1.05 bits per heavy atom. The molecule has 2 saturated heterocycles. The largest absolute Gasteiger partial charge is 0.368 e. The second kappa shape index (κ2) is 36.6. The number of aromatic nitrogens is 8. The minimum absolute atomic E-state index is 0.172. The van der Waals surface area contributed by atoms with Crippen molar-refractivity contribution in [1.29, 1.82) is 0 Å². The zero-order valence-electron chi connectivity index (χ0n) is 65.3. The van der Waals surface area contributed by atoms with Crippen LogP contribution < -0.4 is 31.1 Å². The molecule has 6 heterocycles. The van der Waals surface area contributed by atoms with Crippen LogP contribution in [-0.4, -0.2) is 140 Å². The lowest BCUT2D eigenvalue weighted by Gasteiger charge is -2.37. The molecule has 1 unspecified atom stereocenters. The number of nitrogens with two attached hydrogens (primary N) is 1. The molecule has 11 aromatic rings. The molecule has 1 atom stereocenters. The van der Waals surface area contributed by atoms with Crippen LogP contribution in [0.1, 0.15) is 101 Å². The number of nitrogens with one attached hydrogen (secondary N) is 2. The van der Waals surface area contributed by atoms with E-state index in [9.17, 15) is 33.7 Å². The van der Waals surface area contributed by atoms with Gasteiger partial charge in [0, 0.05) is 86.3 Å². The maximum Gasteiger partial charge on any atom is 0.180 e. The number of piperazine rings is 1. The van der Waals surface area contributed by atoms with Gasteiger partial charge in [-0.15, -0.1) is 0 Å². The second-order valence-electron chi connectivity index (χ2n) is 28.7. The van der Waals surface area contributed by atoms with E-state index in [0.29, 0.717) is 44.1 Å². The predicted molar refractivity (Wildman–Crippen MR) is 446 cm³/mol. The third kappa shape index (κ3) is 21.0. The van der Waals surface area contributed by atoms with E-state index in [1.807, 2.05) is 82.3 Å². The molecule has 0 radical (unpaired) electrons. The van der Waals surface area contributed by atoms with E-state index >= 15 is 0 Å². The normalized spacial score (nSPS) is 14.0. The summed E-state index contributed by atoms with van der Waals surface area (Å²) in [5.74, 6) is 3.18. The summed E-state index contributed by atoms with van der Waals surface area (Å²) in [7, 11) is -13.1. The molecule has 4 aromatic heterocycles. The summed E-state index contributed by atoms with van der Waals surface area (Å²) in [6.07, 6.45) is 7.84. The van der Waals surface area contributed by atoms with E-state index in [-0.39, 0.29) is 6.04 Å². The summed E-state index contributed by atoms with van der Waals surface area (Å²) in [6.45, 7) is 29.9. The maximum atomic E-state index is 12.4. The lowest BCUT2D eigenvalue weighted by atomic mass is 10.1. The number of aryl methyl sites for hydroxylation is 5. The molecule has 111 heavy (non-hydrogen) atoms. The van der Waals surface area contributed by atoms with Crippen LogP contribution in [0.5, 0.6) is 0 Å². The SMILES string of the molecule is Cc1cccc(CNc2nc(-c3ccc(S(=O)(=O)C(C)C)cc3)cnc2C)c1.Cc1ncc(-c2ccc(S(=O)(=O)C(C)C)cc2)nc1N1CCC(N)C1.Cc1ncc(-c2ccc(S(=O)(=O)C(C)C)cc2)nc1N1CCN(c2ccccc2)CC1.Cc1ncc(-c2ccc(S(=O)(=O)C(C)C)cc2)nc1NCc1ccccc1. The van der Waals surface area contributed by atoms with Gasteiger partial charge in [0.1, 0.15) is 11.6 Å². The van der Waals surface area contributed by atoms with Gasteiger partial charge in [0.2, 0.25) is 0 Å². The van der Waals surface area contributed by atoms with Gasteiger partial charge in [0.15, 0.2) is 51.0 Å². The highest BCUT2D eigenvalue weighted by atomic mass is 32.2. The average molecular weight is 1570 g/mol. The summed E-state index contributed by atoms with van der Waals surface area (Å²) in [6, 6.07) is 56.4. The van der Waals surface area contributed by atoms with E-state index in [4.69, 9.17) is 15.7 Å². The third-order valence-corrected chi connectivity index (χ3v) is 27.9. The molecule has 0 aliphatic carbocycles. The fraction of sp³-hybridized carbons (Fsp3) is 0.318. The van der Waals surface area contributed by atoms with Crippen molar-refractivity contribution in [2.45, 2.75) is 156 Å². The van der Waals surface area contributed by atoms with Crippen LogP contribution in [0, 0.1) is 34.6 Å². The van der Waals surface area contributed by atoms with Gasteiger partial charge in [-0.2, -0.15) is 0 Å². The summed E-state index contributed by atoms with van der Waals surface area (Å²) >= 11 is 0. The van der Waals surface area contributed by atoms with Gasteiger partial charge in [0.25, 0.3) is 0 Å². The predicted octanol–water partition coefficient (Wildman–Crippen LogP) is 14.9. The van der Waals surface area contributed by atoms with Crippen molar-refractivity contribution in [1.82, 2.24) is 39.9 Å². The summed E-state index contributed by atoms with van der Waals surface area (Å²) in [5.41, 5.74) is 20.4. The van der Waals surface area contributed by atoms with Gasteiger partial charge in [-0.05, 0) is 168 Å². The molecule has 0 spiro atoms. The molecule has 22 nitrogen and oxygen atoms in total. The molecule has 0 saturated carbocycles. The number of hydrogen-bond acceptors (Lipinski definition) is 22. The fourth-order valence-corrected chi connectivity index (χ4v) is 16.4. The van der Waals surface area contributed by atoms with Gasteiger partial charge < -0.3 is 31.1 Å². The first kappa shape index (κ1) is 83.1. The topological polar surface area (TPSA) is 299 Å². The number of sulfone groups is 4. The Morgan fingerprint density at radius 1 is 0.369 bits per heavy atom. The van der Waals surface area contributed by atoms with Crippen molar-refractivity contribution in [3.05, 3.63) is 246 Å². The van der Waals surface area contributed by atoms with Crippen LogP contribution >= 0.6 is 0 Å². The Bertz CT molecular complexity index is 5450. The standard InChI is InChI=1S/C24H28N4O2S.C22H25N3O2S.C21H23N3O2S.C18H24N4O2S/c1-18(2)31(29,30)22-11-9-20(10-12-22)23-17-25-19(3)24(26-23)28-15-13-27(14-16-28)21-7-5-4-6-8-21;1-15(2)28(26,27)20-10-8-19(9-11-20)21-14-23-17(4)22(25-21)24-13-18-7-5-6-16(3)12-18;1-15(2)27(25,26)19-11-9-18(10-12-19)20-14-22-16(3)21(24-20)23-13-17-7-5-4-6-8-17;1-12(2)25(23,24)16-6-4-14(5-7-16)17-10-20-13(3)18(21-17)22-9-8-15(19)11-22/h4-12,17-18H,13-16H2,1-3H3;5-12,14-15H,13H2,1-4H3,(H,24,25);4-12,14-15H,13H2,1-3H3,(H,23,24);4-7,10,12,15H,8-9,11,19H2,1-3H3. The molecular formula is C85H100N14O8S4. The smallest absolute Gasteiger partial charge is 0.180 e. The highest BCUT2D eigenvalue weighted by Gasteiger charge is 2.27. The van der Waals surface area contributed by atoms with Crippen molar-refractivity contribution >= 4 is 68.3 Å². The average Bonchev–Trinajstić information content (AvgIpc) is 1.10. The quantitative estimate of drug-likeness (QED) is 0.0602. The zero-order chi connectivity index (χ0) is 80.0. The summed E-state index contributed by atoms with van der Waals surface area (Å²) in [4.78, 5) is 45.0. The first-order valence-corrected chi connectivity index (χ1v) is 43.3. The molecule has 2 fully saturated rings. The molecular weight excluding hydrogens is 1470 g/mol. The first-order chi connectivity index (χ1) is 52.8. The van der Waals surface area contributed by atoms with E-state index in [2.05, 4.69) is 105 Å². The van der Waals surface area contributed by atoms with Crippen LogP contribution in [0.2, 0.25) is 0 Å². The Morgan fingerprint density at radius 2 is 0.694 bits per heavy atom. The van der Waals surface area contributed by atoms with Gasteiger partial charge >= 0.3 is 0 Å². The monoisotopic (exact) mass is 1570 g/mol. The molecule has 4 N–H and O–H groups in total. The molecule has 582 valence electrons. The number of hydrogen-bond donors (Lipinski definition) is 3. The second-order valence-corrected chi connectivity index (χ2v) is 38.7. The van der Waals surface area contributed by atoms with Gasteiger partial charge in [0.05, 0.1) is 111 Å². The minimum Gasteiger partial charge on any atom is -0.368 e. The van der Waals surface area contributed by atoms with Gasteiger partial charge in [-0.1, -0.05) is 127 Å². The first-order valence-electron chi connectivity index (χ1n) is 37.1. The fourth-order valence-electron chi connectivity index (χ4n) is 12.2. The van der Waals surface area contributed by atoms with Crippen LogP contribution in [-0.2, 0) is 52.4 Å². The molecule has 13 rings (SSSR count). The van der Waals surface area contributed by atoms with Crippen LogP contribution in [0.4, 0.5) is 29.0 Å². The highest BCUT2D eigenvalue weighted by molar-refractivity contribution is 7.92. The van der Waals surface area contributed by atoms with Crippen molar-refractivity contribution in [2.24, 2.45) is 5.73 Å². The van der Waals surface area contributed by atoms with Gasteiger partial charge in [-0.25, -0.2) is 53.6 Å². The third-order valence-electron chi connectivity index (χ3n) is 19.2. The Labute approximate surface area is 655 Å². The minimum atomic E-state index is -3.28. The number of rotatable bonds is 21. The zero-order valence-corrected chi connectivity index (χ0v) is 68.5. The maximum absolute atomic E-state index is 12.4. The van der Waals surface area contributed by atoms with E-state index in [0.717, 1.165) is 131 Å².